The summed E-state index contributed by atoms with van der Waals surface area (Å²) in [7, 11) is 1.62. The number of thioether (sulfide) groups is 1. The Morgan fingerprint density at radius 1 is 1.15 bits per heavy atom. The lowest BCUT2D eigenvalue weighted by Crippen LogP contribution is -2.51. The number of nitrogens with one attached hydrogen (secondary N) is 1. The van der Waals surface area contributed by atoms with Crippen LogP contribution in [0.3, 0.4) is 0 Å². The largest absolute Gasteiger partial charge is 0.497 e. The average Bonchev–Trinajstić information content (AvgIpc) is 3.36. The van der Waals surface area contributed by atoms with Gasteiger partial charge in [-0.2, -0.15) is 0 Å². The number of rotatable bonds is 4. The molecule has 1 N–H and O–H groups in total. The molecule has 0 aromatic heterocycles. The van der Waals surface area contributed by atoms with Gasteiger partial charge in [-0.25, -0.2) is 4.79 Å². The number of nitrogens with zero attached hydrogens (tertiary/aromatic N) is 2. The smallest absolute Gasteiger partial charge is 0.323 e. The van der Waals surface area contributed by atoms with Gasteiger partial charge in [0.1, 0.15) is 5.75 Å². The van der Waals surface area contributed by atoms with Crippen molar-refractivity contribution in [2.75, 3.05) is 29.6 Å². The minimum absolute atomic E-state index is 0.111. The first kappa shape index (κ1) is 22.6. The lowest BCUT2D eigenvalue weighted by Gasteiger charge is -2.33. The number of aryl methyl sites for hydroxylation is 1. The van der Waals surface area contributed by atoms with Crippen molar-refractivity contribution < 1.29 is 14.3 Å². The summed E-state index contributed by atoms with van der Waals surface area (Å²) in [6.45, 7) is 2.85. The quantitative estimate of drug-likeness (QED) is 0.511. The van der Waals surface area contributed by atoms with Gasteiger partial charge in [-0.05, 0) is 48.9 Å². The van der Waals surface area contributed by atoms with Crippen LogP contribution < -0.4 is 15.0 Å². The van der Waals surface area contributed by atoms with Crippen molar-refractivity contribution in [2.45, 2.75) is 18.3 Å². The van der Waals surface area contributed by atoms with Crippen molar-refractivity contribution in [3.8, 4) is 5.75 Å². The van der Waals surface area contributed by atoms with E-state index in [2.05, 4.69) is 5.32 Å². The maximum atomic E-state index is 14.1. The van der Waals surface area contributed by atoms with E-state index in [0.29, 0.717) is 29.6 Å². The first-order chi connectivity index (χ1) is 16.4. The van der Waals surface area contributed by atoms with E-state index < -0.39 is 4.87 Å². The number of fused-ring (bicyclic) bond motifs is 2. The van der Waals surface area contributed by atoms with E-state index >= 15 is 0 Å². The Labute approximate surface area is 207 Å². The molecule has 1 atom stereocenters. The lowest BCUT2D eigenvalue weighted by molar-refractivity contribution is -0.123. The molecule has 2 aliphatic rings. The molecule has 1 saturated heterocycles. The number of hydrogen-bond acceptors (Lipinski definition) is 4. The summed E-state index contributed by atoms with van der Waals surface area (Å²) in [5.74, 6) is 1.29. The number of anilines is 2. The van der Waals surface area contributed by atoms with Gasteiger partial charge in [-0.15, -0.1) is 11.8 Å². The summed E-state index contributed by atoms with van der Waals surface area (Å²) in [5.41, 5.74) is 4.26. The molecule has 1 spiro atoms. The molecular formula is C26H24ClN3O3S. The molecule has 0 aliphatic carbocycles. The third-order valence-electron chi connectivity index (χ3n) is 6.14. The maximum absolute atomic E-state index is 14.1. The Balaban J connectivity index is 1.53. The van der Waals surface area contributed by atoms with Crippen molar-refractivity contribution >= 4 is 46.7 Å². The van der Waals surface area contributed by atoms with Gasteiger partial charge in [0, 0.05) is 28.6 Å². The molecule has 174 valence electrons. The van der Waals surface area contributed by atoms with E-state index in [1.165, 1.54) is 11.8 Å². The summed E-state index contributed by atoms with van der Waals surface area (Å²) in [6, 6.07) is 20.4. The molecule has 1 fully saturated rings. The third kappa shape index (κ3) is 3.79. The van der Waals surface area contributed by atoms with Crippen LogP contribution in [0.2, 0.25) is 5.02 Å². The van der Waals surface area contributed by atoms with Crippen molar-refractivity contribution in [3.63, 3.8) is 0 Å². The fraction of sp³-hybridized carbons (Fsp3) is 0.231. The van der Waals surface area contributed by atoms with Gasteiger partial charge in [0.05, 0.1) is 19.3 Å². The van der Waals surface area contributed by atoms with Gasteiger partial charge in [0.25, 0.3) is 5.91 Å². The summed E-state index contributed by atoms with van der Waals surface area (Å²) in [4.78, 5) is 29.9. The number of amides is 3. The Morgan fingerprint density at radius 2 is 1.97 bits per heavy atom. The molecule has 1 unspecified atom stereocenters. The molecular weight excluding hydrogens is 470 g/mol. The predicted octanol–water partition coefficient (Wildman–Crippen LogP) is 5.64. The van der Waals surface area contributed by atoms with Crippen molar-refractivity contribution in [1.29, 1.82) is 0 Å². The monoisotopic (exact) mass is 493 g/mol. The highest BCUT2D eigenvalue weighted by atomic mass is 35.5. The number of ether oxygens (including phenoxy) is 1. The van der Waals surface area contributed by atoms with Gasteiger partial charge >= 0.3 is 6.03 Å². The van der Waals surface area contributed by atoms with E-state index in [1.54, 1.807) is 41.2 Å². The van der Waals surface area contributed by atoms with Crippen LogP contribution in [0.5, 0.6) is 5.75 Å². The molecule has 2 aliphatic heterocycles. The van der Waals surface area contributed by atoms with Gasteiger partial charge in [0.2, 0.25) is 0 Å². The first-order valence-corrected chi connectivity index (χ1v) is 12.3. The van der Waals surface area contributed by atoms with Crippen LogP contribution in [0, 0.1) is 6.92 Å². The second-order valence-corrected chi connectivity index (χ2v) is 10.1. The zero-order valence-electron chi connectivity index (χ0n) is 18.9. The number of hydrogen-bond donors (Lipinski definition) is 1. The highest BCUT2D eigenvalue weighted by Crippen LogP contribution is 2.54. The minimum atomic E-state index is -1.11. The van der Waals surface area contributed by atoms with Crippen molar-refractivity contribution in [3.05, 3.63) is 88.4 Å². The van der Waals surface area contributed by atoms with E-state index in [0.717, 1.165) is 28.1 Å². The number of methoxy groups -OCH3 is 1. The Morgan fingerprint density at radius 3 is 2.76 bits per heavy atom. The van der Waals surface area contributed by atoms with Crippen LogP contribution in [0.1, 0.15) is 16.7 Å². The fourth-order valence-corrected chi connectivity index (χ4v) is 6.24. The van der Waals surface area contributed by atoms with Crippen LogP contribution in [-0.4, -0.2) is 36.2 Å². The lowest BCUT2D eigenvalue weighted by atomic mass is 10.0. The highest BCUT2D eigenvalue weighted by molar-refractivity contribution is 8.01. The number of carbonyl (C=O) groups is 2. The van der Waals surface area contributed by atoms with Crippen LogP contribution in [-0.2, 0) is 16.2 Å². The molecule has 0 bridgehead atoms. The van der Waals surface area contributed by atoms with Crippen molar-refractivity contribution in [2.24, 2.45) is 0 Å². The second kappa shape index (κ2) is 8.89. The summed E-state index contributed by atoms with van der Waals surface area (Å²) in [6.07, 6.45) is 0. The Kier molecular flexibility index (Phi) is 5.91. The topological polar surface area (TPSA) is 61.9 Å². The van der Waals surface area contributed by atoms with Crippen LogP contribution in [0.4, 0.5) is 16.2 Å². The zero-order valence-corrected chi connectivity index (χ0v) is 20.4. The normalized spacial score (nSPS) is 19.0. The average molecular weight is 494 g/mol. The molecule has 5 rings (SSSR count). The molecule has 8 heteroatoms. The molecule has 3 amide bonds. The van der Waals surface area contributed by atoms with Crippen LogP contribution in [0.15, 0.2) is 66.7 Å². The summed E-state index contributed by atoms with van der Waals surface area (Å²) < 4.78 is 5.36. The standard InChI is InChI=1S/C26H24ClN3O3S/c1-17-9-10-23-22(13-17)26(24(31)29(23)16-18-5-3-8-21(14-18)33-2)30(11-12-34-26)25(32)28-20-7-4-6-19(27)15-20/h3-10,13-15H,11-12,16H2,1-2H3,(H,28,32). The first-order valence-electron chi connectivity index (χ1n) is 11.0. The number of halogens is 1. The molecule has 0 saturated carbocycles. The molecule has 3 aromatic rings. The van der Waals surface area contributed by atoms with E-state index in [1.807, 2.05) is 49.4 Å². The van der Waals surface area contributed by atoms with Crippen LogP contribution in [0.25, 0.3) is 0 Å². The zero-order chi connectivity index (χ0) is 23.9. The van der Waals surface area contributed by atoms with E-state index in [9.17, 15) is 9.59 Å². The van der Waals surface area contributed by atoms with Crippen LogP contribution >= 0.6 is 23.4 Å². The van der Waals surface area contributed by atoms with Crippen molar-refractivity contribution in [1.82, 2.24) is 4.90 Å². The summed E-state index contributed by atoms with van der Waals surface area (Å²) >= 11 is 7.60. The number of urea groups is 1. The molecule has 6 nitrogen and oxygen atoms in total. The number of carbonyl (C=O) groups excluding carboxylic acids is 2. The fourth-order valence-electron chi connectivity index (χ4n) is 4.60. The Bertz CT molecular complexity index is 1280. The Hall–Kier alpha value is -3.16. The second-order valence-electron chi connectivity index (χ2n) is 8.35. The predicted molar refractivity (Wildman–Crippen MR) is 137 cm³/mol. The van der Waals surface area contributed by atoms with Gasteiger partial charge in [-0.3, -0.25) is 9.69 Å². The summed E-state index contributed by atoms with van der Waals surface area (Å²) in [5, 5.41) is 3.46. The molecule has 0 radical (unpaired) electrons. The molecule has 2 heterocycles. The van der Waals surface area contributed by atoms with E-state index in [4.69, 9.17) is 16.3 Å². The SMILES string of the molecule is COc1cccc(CN2C(=O)C3(SCCN3C(=O)Nc3cccc(Cl)c3)c3cc(C)ccc32)c1. The van der Waals surface area contributed by atoms with Gasteiger partial charge in [0.15, 0.2) is 4.87 Å². The number of benzene rings is 3. The van der Waals surface area contributed by atoms with Gasteiger partial charge < -0.3 is 15.0 Å². The minimum Gasteiger partial charge on any atom is -0.497 e. The highest BCUT2D eigenvalue weighted by Gasteiger charge is 2.59. The maximum Gasteiger partial charge on any atom is 0.323 e. The van der Waals surface area contributed by atoms with Gasteiger partial charge in [-0.1, -0.05) is 47.5 Å². The third-order valence-corrected chi connectivity index (χ3v) is 7.80. The molecule has 34 heavy (non-hydrogen) atoms. The molecule has 3 aromatic carbocycles. The van der Waals surface area contributed by atoms with E-state index in [-0.39, 0.29) is 11.9 Å².